The Balaban J connectivity index is 3.57. The Morgan fingerprint density at radius 2 is 2.38 bits per heavy atom. The lowest BCUT2D eigenvalue weighted by Gasteiger charge is -1.76. The van der Waals surface area contributed by atoms with E-state index in [0.717, 1.165) is 4.62 Å². The monoisotopic (exact) mass is 174 g/mol. The molecule has 0 unspecified atom stereocenters. The fraction of sp³-hybridized carbons (Fsp3) is 0.200. The van der Waals surface area contributed by atoms with Gasteiger partial charge in [-0.3, -0.25) is 4.99 Å². The highest BCUT2D eigenvalue weighted by molar-refractivity contribution is 9.18. The van der Waals surface area contributed by atoms with Gasteiger partial charge in [0.1, 0.15) is 0 Å². The number of halogens is 1. The van der Waals surface area contributed by atoms with Crippen molar-refractivity contribution in [3.63, 3.8) is 0 Å². The van der Waals surface area contributed by atoms with E-state index in [2.05, 4.69) is 20.9 Å². The first-order chi connectivity index (χ1) is 3.77. The van der Waals surface area contributed by atoms with E-state index >= 15 is 0 Å². The molecule has 0 saturated carbocycles. The third kappa shape index (κ3) is 5.56. The Morgan fingerprint density at radius 3 is 2.75 bits per heavy atom. The van der Waals surface area contributed by atoms with Crippen molar-refractivity contribution in [2.45, 2.75) is 6.92 Å². The van der Waals surface area contributed by atoms with Crippen LogP contribution < -0.4 is 0 Å². The highest BCUT2D eigenvalue weighted by Crippen LogP contribution is 1.86. The van der Waals surface area contributed by atoms with Gasteiger partial charge >= 0.3 is 0 Å². The average Bonchev–Trinajstić information content (AvgIpc) is 1.66. The first-order valence-corrected chi connectivity index (χ1v) is 2.92. The highest BCUT2D eigenvalue weighted by atomic mass is 79.9. The molecule has 44 valence electrons. The minimum atomic E-state index is 0.815. The van der Waals surface area contributed by atoms with Gasteiger partial charge in [0, 0.05) is 12.4 Å². The largest absolute Gasteiger partial charge is 0.309 e. The van der Waals surface area contributed by atoms with Crippen molar-refractivity contribution in [1.82, 2.24) is 0 Å². The zero-order chi connectivity index (χ0) is 6.41. The first-order valence-electron chi connectivity index (χ1n) is 2.13. The van der Waals surface area contributed by atoms with Crippen molar-refractivity contribution in [2.75, 3.05) is 0 Å². The molecule has 0 aliphatic carbocycles. The second-order valence-electron chi connectivity index (χ2n) is 1.13. The van der Waals surface area contributed by atoms with Crippen LogP contribution in [0.15, 0.2) is 17.3 Å². The van der Waals surface area contributed by atoms with Gasteiger partial charge in [0.15, 0.2) is 0 Å². The number of rotatable bonds is 2. The van der Waals surface area contributed by atoms with E-state index < -0.39 is 0 Å². The van der Waals surface area contributed by atoms with Crippen molar-refractivity contribution in [2.24, 2.45) is 4.99 Å². The molecule has 0 aromatic carbocycles. The summed E-state index contributed by atoms with van der Waals surface area (Å²) >= 11 is 3.13. The van der Waals surface area contributed by atoms with Crippen LogP contribution in [-0.2, 0) is 0 Å². The smallest absolute Gasteiger partial charge is 0.0798 e. The molecule has 0 amide bonds. The van der Waals surface area contributed by atoms with E-state index in [4.69, 9.17) is 5.41 Å². The summed E-state index contributed by atoms with van der Waals surface area (Å²) in [5.74, 6) is 0. The van der Waals surface area contributed by atoms with Crippen LogP contribution in [0.4, 0.5) is 0 Å². The summed E-state index contributed by atoms with van der Waals surface area (Å²) < 4.78 is 0.815. The van der Waals surface area contributed by atoms with E-state index in [0.29, 0.717) is 0 Å². The van der Waals surface area contributed by atoms with Crippen molar-refractivity contribution >= 4 is 26.8 Å². The zero-order valence-electron chi connectivity index (χ0n) is 4.56. The molecular weight excluding hydrogens is 168 g/mol. The molecule has 3 heteroatoms. The summed E-state index contributed by atoms with van der Waals surface area (Å²) in [6, 6.07) is 0. The van der Waals surface area contributed by atoms with E-state index in [1.807, 2.05) is 6.92 Å². The Bertz CT molecular complexity index is 122. The SMILES string of the molecule is C/C(Br)=N\C=C/C=N. The lowest BCUT2D eigenvalue weighted by molar-refractivity contribution is 1.54. The summed E-state index contributed by atoms with van der Waals surface area (Å²) in [5.41, 5.74) is 0. The molecule has 0 aromatic rings. The van der Waals surface area contributed by atoms with Crippen molar-refractivity contribution in [3.8, 4) is 0 Å². The summed E-state index contributed by atoms with van der Waals surface area (Å²) in [6.45, 7) is 1.83. The van der Waals surface area contributed by atoms with Gasteiger partial charge in [0.05, 0.1) is 4.62 Å². The Kier molecular flexibility index (Phi) is 4.45. The molecule has 0 aliphatic heterocycles. The maximum atomic E-state index is 6.55. The quantitative estimate of drug-likeness (QED) is 0.622. The molecule has 0 aromatic heterocycles. The summed E-state index contributed by atoms with van der Waals surface area (Å²) in [6.07, 6.45) is 4.28. The summed E-state index contributed by atoms with van der Waals surface area (Å²) in [4.78, 5) is 3.82. The van der Waals surface area contributed by atoms with Gasteiger partial charge in [-0.15, -0.1) is 0 Å². The van der Waals surface area contributed by atoms with Crippen LogP contribution in [0.2, 0.25) is 0 Å². The highest BCUT2D eigenvalue weighted by Gasteiger charge is 1.70. The fourth-order valence-electron chi connectivity index (χ4n) is 0.189. The molecule has 0 heterocycles. The van der Waals surface area contributed by atoms with Crippen LogP contribution in [0.3, 0.4) is 0 Å². The predicted molar refractivity (Wildman–Crippen MR) is 40.0 cm³/mol. The molecule has 8 heavy (non-hydrogen) atoms. The van der Waals surface area contributed by atoms with E-state index in [1.54, 1.807) is 12.3 Å². The van der Waals surface area contributed by atoms with E-state index in [-0.39, 0.29) is 0 Å². The van der Waals surface area contributed by atoms with Gasteiger partial charge in [0.25, 0.3) is 0 Å². The number of hydrogen-bond acceptors (Lipinski definition) is 2. The minimum Gasteiger partial charge on any atom is -0.309 e. The fourth-order valence-corrected chi connectivity index (χ4v) is 0.307. The number of hydrogen-bond donors (Lipinski definition) is 1. The molecule has 0 saturated heterocycles. The molecule has 1 N–H and O–H groups in total. The topological polar surface area (TPSA) is 36.2 Å². The van der Waals surface area contributed by atoms with Gasteiger partial charge < -0.3 is 5.41 Å². The van der Waals surface area contributed by atoms with Crippen LogP contribution in [0.1, 0.15) is 6.92 Å². The van der Waals surface area contributed by atoms with Crippen LogP contribution in [0.5, 0.6) is 0 Å². The molecule has 0 aliphatic rings. The third-order valence-corrected chi connectivity index (χ3v) is 0.639. The summed E-state index contributed by atoms with van der Waals surface area (Å²) in [7, 11) is 0. The van der Waals surface area contributed by atoms with Gasteiger partial charge in [-0.05, 0) is 28.9 Å². The third-order valence-electron chi connectivity index (χ3n) is 0.435. The number of allylic oxidation sites excluding steroid dienone is 1. The second-order valence-corrected chi connectivity index (χ2v) is 2.28. The molecule has 0 fully saturated rings. The number of aliphatic imine (C=N–C) groups is 1. The molecule has 0 radical (unpaired) electrons. The van der Waals surface area contributed by atoms with Gasteiger partial charge in [-0.25, -0.2) is 0 Å². The van der Waals surface area contributed by atoms with Gasteiger partial charge in [-0.2, -0.15) is 0 Å². The zero-order valence-corrected chi connectivity index (χ0v) is 6.14. The Hall–Kier alpha value is -0.440. The normalized spacial score (nSPS) is 12.5. The second kappa shape index (κ2) is 4.71. The van der Waals surface area contributed by atoms with Crippen molar-refractivity contribution in [3.05, 3.63) is 12.3 Å². The van der Waals surface area contributed by atoms with E-state index in [9.17, 15) is 0 Å². The average molecular weight is 175 g/mol. The Labute approximate surface area is 57.0 Å². The lowest BCUT2D eigenvalue weighted by Crippen LogP contribution is -1.68. The minimum absolute atomic E-state index is 0.815. The van der Waals surface area contributed by atoms with Gasteiger partial charge in [-0.1, -0.05) is 0 Å². The maximum Gasteiger partial charge on any atom is 0.0798 e. The van der Waals surface area contributed by atoms with Crippen LogP contribution in [0.25, 0.3) is 0 Å². The molecule has 0 spiro atoms. The summed E-state index contributed by atoms with van der Waals surface area (Å²) in [5, 5.41) is 6.55. The molecule has 0 rings (SSSR count). The molecule has 2 nitrogen and oxygen atoms in total. The molecule has 0 bridgehead atoms. The number of nitrogens with zero attached hydrogens (tertiary/aromatic N) is 1. The van der Waals surface area contributed by atoms with Crippen molar-refractivity contribution in [1.29, 1.82) is 5.41 Å². The van der Waals surface area contributed by atoms with Crippen LogP contribution in [-0.4, -0.2) is 10.8 Å². The molecule has 0 atom stereocenters. The van der Waals surface area contributed by atoms with Crippen molar-refractivity contribution < 1.29 is 0 Å². The van der Waals surface area contributed by atoms with Crippen LogP contribution in [0, 0.1) is 5.41 Å². The van der Waals surface area contributed by atoms with E-state index in [1.165, 1.54) is 6.21 Å². The lowest BCUT2D eigenvalue weighted by atomic mass is 10.7. The maximum absolute atomic E-state index is 6.55. The Morgan fingerprint density at radius 1 is 1.75 bits per heavy atom. The van der Waals surface area contributed by atoms with Gasteiger partial charge in [0.2, 0.25) is 0 Å². The molecular formula is C5H7BrN2. The standard InChI is InChI=1S/C5H7BrN2/c1-5(6)8-4-2-3-7/h2-4,7H,1H3/b4-2-,7-3?,8-5+. The first kappa shape index (κ1) is 7.56. The number of nitrogens with one attached hydrogen (secondary N) is 1. The predicted octanol–water partition coefficient (Wildman–Crippen LogP) is 1.96. The van der Waals surface area contributed by atoms with Crippen LogP contribution >= 0.6 is 15.9 Å².